The Labute approximate surface area is 140 Å². The monoisotopic (exact) mass is 328 g/mol. The second kappa shape index (κ2) is 7.54. The van der Waals surface area contributed by atoms with Crippen LogP contribution in [-0.4, -0.2) is 34.8 Å². The number of rotatable bonds is 6. The van der Waals surface area contributed by atoms with Gasteiger partial charge in [-0.25, -0.2) is 4.98 Å². The number of carbonyl (C=O) groups is 1. The Morgan fingerprint density at radius 3 is 2.46 bits per heavy atom. The van der Waals surface area contributed by atoms with Gasteiger partial charge in [-0.3, -0.25) is 14.9 Å². The molecule has 7 nitrogen and oxygen atoms in total. The van der Waals surface area contributed by atoms with Crippen LogP contribution >= 0.6 is 0 Å². The van der Waals surface area contributed by atoms with Crippen LogP contribution in [-0.2, 0) is 4.79 Å². The van der Waals surface area contributed by atoms with Crippen LogP contribution in [0.25, 0.3) is 0 Å². The fourth-order valence-electron chi connectivity index (χ4n) is 2.30. The molecule has 0 fully saturated rings. The number of carbonyl (C=O) groups excluding carboxylic acids is 1. The molecule has 0 saturated heterocycles. The number of hydrogen-bond acceptors (Lipinski definition) is 5. The largest absolute Gasteiger partial charge is 0.363 e. The van der Waals surface area contributed by atoms with Crippen LogP contribution in [0.5, 0.6) is 0 Å². The molecule has 0 radical (unpaired) electrons. The van der Waals surface area contributed by atoms with E-state index in [1.54, 1.807) is 27.1 Å². The summed E-state index contributed by atoms with van der Waals surface area (Å²) in [5.41, 5.74) is 1.25. The molecular weight excluding hydrogens is 308 g/mol. The molecule has 0 unspecified atom stereocenters. The van der Waals surface area contributed by atoms with Crippen molar-refractivity contribution in [1.82, 2.24) is 9.88 Å². The van der Waals surface area contributed by atoms with Gasteiger partial charge in [0.2, 0.25) is 5.91 Å². The van der Waals surface area contributed by atoms with Gasteiger partial charge in [0, 0.05) is 20.2 Å². The first-order valence-electron chi connectivity index (χ1n) is 7.52. The molecule has 1 aromatic carbocycles. The molecule has 1 aromatic heterocycles. The Hall–Kier alpha value is -2.96. The maximum atomic E-state index is 12.1. The minimum absolute atomic E-state index is 0.0185. The lowest BCUT2D eigenvalue weighted by molar-refractivity contribution is -0.385. The summed E-state index contributed by atoms with van der Waals surface area (Å²) in [6.45, 7) is 1.59. The quantitative estimate of drug-likeness (QED) is 0.650. The molecule has 1 heterocycles. The minimum Gasteiger partial charge on any atom is -0.363 e. The minimum atomic E-state index is -0.462. The highest BCUT2D eigenvalue weighted by Gasteiger charge is 2.19. The number of pyridine rings is 1. The van der Waals surface area contributed by atoms with Crippen LogP contribution < -0.4 is 5.32 Å². The molecule has 0 bridgehead atoms. The summed E-state index contributed by atoms with van der Waals surface area (Å²) in [4.78, 5) is 28.3. The van der Waals surface area contributed by atoms with Gasteiger partial charge in [0.15, 0.2) is 0 Å². The smallest absolute Gasteiger partial charge is 0.290 e. The number of benzene rings is 1. The van der Waals surface area contributed by atoms with E-state index in [1.165, 1.54) is 11.0 Å². The molecule has 1 N–H and O–H groups in total. The zero-order valence-electron chi connectivity index (χ0n) is 13.9. The summed E-state index contributed by atoms with van der Waals surface area (Å²) in [6.07, 6.45) is 0.259. The number of nitro groups is 1. The molecule has 7 heteroatoms. The van der Waals surface area contributed by atoms with E-state index in [0.29, 0.717) is 11.5 Å². The van der Waals surface area contributed by atoms with Crippen molar-refractivity contribution in [2.45, 2.75) is 19.4 Å². The number of anilines is 1. The van der Waals surface area contributed by atoms with E-state index >= 15 is 0 Å². The molecule has 0 saturated carbocycles. The molecule has 1 atom stereocenters. The molecule has 2 rings (SSSR count). The van der Waals surface area contributed by atoms with Gasteiger partial charge >= 0.3 is 0 Å². The van der Waals surface area contributed by atoms with E-state index in [0.717, 1.165) is 5.56 Å². The molecule has 0 aliphatic rings. The highest BCUT2D eigenvalue weighted by Crippen LogP contribution is 2.24. The molecule has 0 aliphatic carbocycles. The fourth-order valence-corrected chi connectivity index (χ4v) is 2.30. The van der Waals surface area contributed by atoms with Crippen molar-refractivity contribution in [3.63, 3.8) is 0 Å². The third-order valence-electron chi connectivity index (χ3n) is 3.66. The molecule has 24 heavy (non-hydrogen) atoms. The lowest BCUT2D eigenvalue weighted by Gasteiger charge is -2.21. The predicted molar refractivity (Wildman–Crippen MR) is 91.7 cm³/mol. The standard InChI is InChI=1S/C17H20N4O3/c1-12-15(21(23)24)9-10-16(18-12)19-14(11-17(22)20(2)3)13-7-5-4-6-8-13/h4-10,14H,11H2,1-3H3,(H,18,19)/t14-/m0/s1. The van der Waals surface area contributed by atoms with Crippen molar-refractivity contribution in [2.24, 2.45) is 0 Å². The third-order valence-corrected chi connectivity index (χ3v) is 3.66. The summed E-state index contributed by atoms with van der Waals surface area (Å²) in [5.74, 6) is 0.480. The first-order valence-corrected chi connectivity index (χ1v) is 7.52. The van der Waals surface area contributed by atoms with Gasteiger partial charge in [0.25, 0.3) is 5.69 Å². The summed E-state index contributed by atoms with van der Waals surface area (Å²) >= 11 is 0. The van der Waals surface area contributed by atoms with Gasteiger partial charge in [0.05, 0.1) is 17.4 Å². The topological polar surface area (TPSA) is 88.4 Å². The highest BCUT2D eigenvalue weighted by molar-refractivity contribution is 5.77. The fraction of sp³-hybridized carbons (Fsp3) is 0.294. The van der Waals surface area contributed by atoms with Crippen molar-refractivity contribution in [2.75, 3.05) is 19.4 Å². The van der Waals surface area contributed by atoms with Crippen molar-refractivity contribution in [3.05, 3.63) is 63.8 Å². The van der Waals surface area contributed by atoms with Crippen molar-refractivity contribution >= 4 is 17.4 Å². The van der Waals surface area contributed by atoms with Crippen LogP contribution in [0.15, 0.2) is 42.5 Å². The van der Waals surface area contributed by atoms with E-state index < -0.39 is 4.92 Å². The second-order valence-corrected chi connectivity index (χ2v) is 5.66. The summed E-state index contributed by atoms with van der Waals surface area (Å²) < 4.78 is 0. The van der Waals surface area contributed by atoms with Crippen LogP contribution in [0.2, 0.25) is 0 Å². The van der Waals surface area contributed by atoms with Crippen molar-refractivity contribution in [1.29, 1.82) is 0 Å². The highest BCUT2D eigenvalue weighted by atomic mass is 16.6. The lowest BCUT2D eigenvalue weighted by atomic mass is 10.0. The molecule has 0 spiro atoms. The predicted octanol–water partition coefficient (Wildman–Crippen LogP) is 2.93. The van der Waals surface area contributed by atoms with E-state index in [9.17, 15) is 14.9 Å². The maximum Gasteiger partial charge on any atom is 0.290 e. The molecule has 2 aromatic rings. The third kappa shape index (κ3) is 4.28. The molecule has 1 amide bonds. The van der Waals surface area contributed by atoms with Gasteiger partial charge in [0.1, 0.15) is 11.5 Å². The van der Waals surface area contributed by atoms with E-state index in [1.807, 2.05) is 30.3 Å². The van der Waals surface area contributed by atoms with Gasteiger partial charge in [-0.15, -0.1) is 0 Å². The van der Waals surface area contributed by atoms with Crippen molar-refractivity contribution < 1.29 is 9.72 Å². The van der Waals surface area contributed by atoms with Gasteiger partial charge in [-0.2, -0.15) is 0 Å². The van der Waals surface area contributed by atoms with Gasteiger partial charge < -0.3 is 10.2 Å². The van der Waals surface area contributed by atoms with E-state index in [4.69, 9.17) is 0 Å². The van der Waals surface area contributed by atoms with Gasteiger partial charge in [-0.05, 0) is 18.6 Å². The lowest BCUT2D eigenvalue weighted by Crippen LogP contribution is -2.26. The number of nitrogens with zero attached hydrogens (tertiary/aromatic N) is 3. The number of amides is 1. The number of nitrogens with one attached hydrogen (secondary N) is 1. The Morgan fingerprint density at radius 2 is 1.92 bits per heavy atom. The zero-order valence-corrected chi connectivity index (χ0v) is 13.9. The average Bonchev–Trinajstić information content (AvgIpc) is 2.54. The maximum absolute atomic E-state index is 12.1. The normalized spacial score (nSPS) is 11.6. The van der Waals surface area contributed by atoms with Crippen LogP contribution in [0.1, 0.15) is 23.7 Å². The number of aromatic nitrogens is 1. The Kier molecular flexibility index (Phi) is 5.47. The molecular formula is C17H20N4O3. The first kappa shape index (κ1) is 17.4. The zero-order chi connectivity index (χ0) is 17.7. The summed E-state index contributed by atoms with van der Waals surface area (Å²) in [7, 11) is 3.41. The van der Waals surface area contributed by atoms with E-state index in [-0.39, 0.29) is 24.1 Å². The Bertz CT molecular complexity index is 732. The number of aryl methyl sites for hydroxylation is 1. The summed E-state index contributed by atoms with van der Waals surface area (Å²) in [6, 6.07) is 12.3. The first-order chi connectivity index (χ1) is 11.4. The molecule has 126 valence electrons. The van der Waals surface area contributed by atoms with Crippen LogP contribution in [0, 0.1) is 17.0 Å². The number of hydrogen-bond donors (Lipinski definition) is 1. The van der Waals surface area contributed by atoms with Crippen LogP contribution in [0.3, 0.4) is 0 Å². The average molecular weight is 328 g/mol. The Morgan fingerprint density at radius 1 is 1.25 bits per heavy atom. The summed E-state index contributed by atoms with van der Waals surface area (Å²) in [5, 5.41) is 14.1. The Balaban J connectivity index is 2.26. The van der Waals surface area contributed by atoms with E-state index in [2.05, 4.69) is 10.3 Å². The van der Waals surface area contributed by atoms with Crippen LogP contribution in [0.4, 0.5) is 11.5 Å². The van der Waals surface area contributed by atoms with Crippen molar-refractivity contribution in [3.8, 4) is 0 Å². The molecule has 0 aliphatic heterocycles. The van der Waals surface area contributed by atoms with Gasteiger partial charge in [-0.1, -0.05) is 30.3 Å². The SMILES string of the molecule is Cc1nc(N[C@@H](CC(=O)N(C)C)c2ccccc2)ccc1[N+](=O)[O-]. The second-order valence-electron chi connectivity index (χ2n) is 5.66.